The molecule has 0 aromatic heterocycles. The molecule has 1 aliphatic heterocycles. The van der Waals surface area contributed by atoms with Crippen molar-refractivity contribution in [1.82, 2.24) is 37.2 Å². The summed E-state index contributed by atoms with van der Waals surface area (Å²) in [6, 6.07) is -2.76. The average Bonchev–Trinajstić information content (AvgIpc) is 3.18. The van der Waals surface area contributed by atoms with Gasteiger partial charge in [-0.25, -0.2) is 4.79 Å². The van der Waals surface area contributed by atoms with E-state index in [4.69, 9.17) is 10.5 Å². The Kier molecular flexibility index (Phi) is 21.2. The molecule has 1 saturated heterocycles. The number of primary amides is 1. The molecule has 9 atom stereocenters. The van der Waals surface area contributed by atoms with E-state index in [1.807, 2.05) is 13.8 Å². The summed E-state index contributed by atoms with van der Waals surface area (Å²) in [6.07, 6.45) is -4.31. The highest BCUT2D eigenvalue weighted by molar-refractivity contribution is 6.64. The second-order valence-electron chi connectivity index (χ2n) is 17.3. The van der Waals surface area contributed by atoms with Crippen LogP contribution in [-0.2, 0) is 63.9 Å². The Morgan fingerprint density at radius 2 is 1.28 bits per heavy atom. The first-order valence-electron chi connectivity index (χ1n) is 21.2. The molecule has 64 heavy (non-hydrogen) atoms. The predicted octanol–water partition coefficient (Wildman–Crippen LogP) is -1.88. The zero-order valence-corrected chi connectivity index (χ0v) is 37.8. The highest BCUT2D eigenvalue weighted by atomic mass is 16.5. The van der Waals surface area contributed by atoms with Crippen molar-refractivity contribution in [2.45, 2.75) is 149 Å². The molecule has 0 bridgehead atoms. The smallest absolute Gasteiger partial charge is 0.328 e. The minimum Gasteiger partial charge on any atom is -0.458 e. The van der Waals surface area contributed by atoms with Crippen molar-refractivity contribution in [2.75, 3.05) is 0 Å². The first-order chi connectivity index (χ1) is 29.8. The lowest BCUT2D eigenvalue weighted by atomic mass is 9.96. The molecule has 8 amide bonds. The molecular formula is C43H64N8O13. The van der Waals surface area contributed by atoms with Crippen molar-refractivity contribution in [1.29, 1.82) is 0 Å². The second-order valence-corrected chi connectivity index (χ2v) is 17.3. The van der Waals surface area contributed by atoms with E-state index in [-0.39, 0.29) is 37.5 Å². The molecule has 0 spiro atoms. The van der Waals surface area contributed by atoms with Crippen LogP contribution in [0, 0.1) is 17.8 Å². The van der Waals surface area contributed by atoms with Gasteiger partial charge in [-0.1, -0.05) is 71.9 Å². The number of carbonyl (C=O) groups is 11. The van der Waals surface area contributed by atoms with Gasteiger partial charge in [-0.2, -0.15) is 0 Å². The largest absolute Gasteiger partial charge is 0.458 e. The summed E-state index contributed by atoms with van der Waals surface area (Å²) in [4.78, 5) is 147. The van der Waals surface area contributed by atoms with E-state index in [2.05, 4.69) is 37.2 Å². The summed E-state index contributed by atoms with van der Waals surface area (Å²) in [7, 11) is 0. The van der Waals surface area contributed by atoms with Crippen LogP contribution < -0.4 is 43.0 Å². The first kappa shape index (κ1) is 53.9. The zero-order valence-electron chi connectivity index (χ0n) is 37.8. The molecule has 10 N–H and O–H groups in total. The Labute approximate surface area is 372 Å². The molecule has 1 fully saturated rings. The maximum absolute atomic E-state index is 14.2. The number of aliphatic hydroxyl groups is 1. The Hall–Kier alpha value is -6.25. The predicted molar refractivity (Wildman–Crippen MR) is 229 cm³/mol. The number of Topliss-reactive ketones (excluding diaryl/α,β-unsaturated/α-hetero) is 2. The van der Waals surface area contributed by atoms with Crippen LogP contribution in [0.25, 0.3) is 0 Å². The van der Waals surface area contributed by atoms with E-state index in [9.17, 15) is 57.8 Å². The second kappa shape index (κ2) is 25.1. The summed E-state index contributed by atoms with van der Waals surface area (Å²) in [5.41, 5.74) is 5.99. The lowest BCUT2D eigenvalue weighted by Gasteiger charge is -2.31. The fourth-order valence-corrected chi connectivity index (χ4v) is 6.55. The van der Waals surface area contributed by atoms with Gasteiger partial charge in [0.15, 0.2) is 0 Å². The Morgan fingerprint density at radius 1 is 0.719 bits per heavy atom. The maximum atomic E-state index is 14.2. The fraction of sp³-hybridized carbons (Fsp3) is 0.605. The quantitative estimate of drug-likeness (QED) is 0.0649. The van der Waals surface area contributed by atoms with Crippen LogP contribution >= 0.6 is 0 Å². The monoisotopic (exact) mass is 900 g/mol. The summed E-state index contributed by atoms with van der Waals surface area (Å²) in [5.74, 6) is -13.4. The number of hydrogen-bond acceptors (Lipinski definition) is 13. The number of hydrogen-bond donors (Lipinski definition) is 9. The molecule has 0 radical (unpaired) electrons. The van der Waals surface area contributed by atoms with Crippen LogP contribution in [0.1, 0.15) is 93.6 Å². The van der Waals surface area contributed by atoms with E-state index < -0.39 is 132 Å². The molecule has 354 valence electrons. The van der Waals surface area contributed by atoms with Crippen molar-refractivity contribution >= 4 is 64.8 Å². The number of cyclic esters (lactones) is 1. The van der Waals surface area contributed by atoms with E-state index in [0.29, 0.717) is 5.56 Å². The number of carbonyl (C=O) groups excluding carboxylic acids is 11. The van der Waals surface area contributed by atoms with Crippen molar-refractivity contribution in [2.24, 2.45) is 23.5 Å². The number of ketones is 2. The average molecular weight is 901 g/mol. The van der Waals surface area contributed by atoms with E-state index in [1.165, 1.54) is 13.8 Å². The number of nitrogens with one attached hydrogen (secondary N) is 7. The van der Waals surface area contributed by atoms with Gasteiger partial charge < -0.3 is 52.8 Å². The van der Waals surface area contributed by atoms with Gasteiger partial charge >= 0.3 is 5.97 Å². The molecule has 21 nitrogen and oxygen atoms in total. The lowest BCUT2D eigenvalue weighted by Crippen LogP contribution is -2.63. The zero-order chi connectivity index (χ0) is 48.6. The topological polar surface area (TPSA) is 327 Å². The number of amides is 8. The van der Waals surface area contributed by atoms with E-state index in [1.54, 1.807) is 58.0 Å². The van der Waals surface area contributed by atoms with Crippen LogP contribution in [0.2, 0.25) is 0 Å². The van der Waals surface area contributed by atoms with Gasteiger partial charge in [0, 0.05) is 12.8 Å². The third kappa shape index (κ3) is 17.5. The van der Waals surface area contributed by atoms with Crippen molar-refractivity contribution in [3.63, 3.8) is 0 Å². The fourth-order valence-electron chi connectivity index (χ4n) is 6.55. The standard InChI is InChI=1S/C43H64N8O13/c1-20(2)15-27-35(55)36(56)42(62)49-28(16-21(3)4)38(58)48-30(19-31(44)53)37(57)45-23(7)43(63)64-25(9)34(41(61)47-27)51-40(60)33(24(8)52)50-39(59)29(46-32(54)17-22(5)6)18-26-13-11-10-12-14-26/h10-14,20-25,27-30,33-34,52H,15-19H2,1-9H3,(H2,44,53)(H,45,57)(H,46,54)(H,47,61)(H,48,58)(H,49,62)(H,50,59)(H,51,60). The summed E-state index contributed by atoms with van der Waals surface area (Å²) in [5, 5.41) is 27.4. The molecule has 1 aromatic carbocycles. The number of benzene rings is 1. The molecule has 2 rings (SSSR count). The third-order valence-corrected chi connectivity index (χ3v) is 9.79. The van der Waals surface area contributed by atoms with E-state index >= 15 is 0 Å². The number of esters is 1. The van der Waals surface area contributed by atoms with Gasteiger partial charge in [0.05, 0.1) is 18.6 Å². The first-order valence-corrected chi connectivity index (χ1v) is 21.2. The Balaban J connectivity index is 2.63. The summed E-state index contributed by atoms with van der Waals surface area (Å²) in [6.45, 7) is 13.8. The minimum atomic E-state index is -1.94. The molecule has 0 saturated carbocycles. The highest BCUT2D eigenvalue weighted by Crippen LogP contribution is 2.13. The van der Waals surface area contributed by atoms with Crippen LogP contribution in [0.3, 0.4) is 0 Å². The van der Waals surface area contributed by atoms with Gasteiger partial charge in [-0.3, -0.25) is 47.9 Å². The third-order valence-electron chi connectivity index (χ3n) is 9.79. The molecular weight excluding hydrogens is 837 g/mol. The Morgan fingerprint density at radius 3 is 1.83 bits per heavy atom. The molecule has 9 unspecified atom stereocenters. The maximum Gasteiger partial charge on any atom is 0.328 e. The van der Waals surface area contributed by atoms with Gasteiger partial charge in [-0.15, -0.1) is 0 Å². The lowest BCUT2D eigenvalue weighted by molar-refractivity contribution is -0.156. The molecule has 21 heteroatoms. The molecule has 1 heterocycles. The van der Waals surface area contributed by atoms with Gasteiger partial charge in [0.25, 0.3) is 11.7 Å². The minimum absolute atomic E-state index is 0.00651. The highest BCUT2D eigenvalue weighted by Gasteiger charge is 2.40. The number of ether oxygens (including phenoxy) is 1. The van der Waals surface area contributed by atoms with Crippen molar-refractivity contribution in [3.8, 4) is 0 Å². The number of nitrogens with two attached hydrogens (primary N) is 1. The van der Waals surface area contributed by atoms with Crippen molar-refractivity contribution < 1.29 is 62.6 Å². The van der Waals surface area contributed by atoms with Crippen LogP contribution in [0.4, 0.5) is 0 Å². The summed E-state index contributed by atoms with van der Waals surface area (Å²) < 4.78 is 5.50. The molecule has 1 aliphatic rings. The number of aliphatic hydroxyl groups excluding tert-OH is 1. The van der Waals surface area contributed by atoms with Crippen LogP contribution in [0.5, 0.6) is 0 Å². The Bertz CT molecular complexity index is 1890. The molecule has 0 aliphatic carbocycles. The van der Waals surface area contributed by atoms with E-state index in [0.717, 1.165) is 6.92 Å². The SMILES string of the molecule is CC(C)CC(=O)NC(Cc1ccccc1)C(=O)NC(C(=O)NC1C(=O)NC(CC(C)C)C(=O)C(=O)C(=O)NC(CC(C)C)C(=O)NC(CC(N)=O)C(=O)NC(C)C(=O)OC1C)C(C)O. The van der Waals surface area contributed by atoms with Crippen molar-refractivity contribution in [3.05, 3.63) is 35.9 Å². The van der Waals surface area contributed by atoms with Gasteiger partial charge in [0.1, 0.15) is 42.4 Å². The van der Waals surface area contributed by atoms with Gasteiger partial charge in [-0.05, 0) is 56.9 Å². The van der Waals surface area contributed by atoms with Crippen LogP contribution in [-0.4, -0.2) is 124 Å². The summed E-state index contributed by atoms with van der Waals surface area (Å²) >= 11 is 0. The number of rotatable bonds is 16. The normalized spacial score (nSPS) is 23.3. The van der Waals surface area contributed by atoms with Gasteiger partial charge in [0.2, 0.25) is 47.1 Å². The van der Waals surface area contributed by atoms with Crippen LogP contribution in [0.15, 0.2) is 30.3 Å². The molecule has 1 aromatic rings.